The van der Waals surface area contributed by atoms with Crippen LogP contribution in [0.1, 0.15) is 22.0 Å². The molecule has 2 heterocycles. The van der Waals surface area contributed by atoms with Crippen molar-refractivity contribution in [1.29, 1.82) is 0 Å². The number of pyridine rings is 1. The second-order valence-corrected chi connectivity index (χ2v) is 5.10. The van der Waals surface area contributed by atoms with Crippen LogP contribution in [0.5, 0.6) is 0 Å². The van der Waals surface area contributed by atoms with E-state index in [2.05, 4.69) is 5.32 Å². The van der Waals surface area contributed by atoms with Crippen molar-refractivity contribution < 1.29 is 9.21 Å². The zero-order valence-electron chi connectivity index (χ0n) is 12.4. The Morgan fingerprint density at radius 2 is 2.00 bits per heavy atom. The first-order chi connectivity index (χ1) is 10.6. The number of carbonyl (C=O) groups excluding carboxylic acids is 1. The Labute approximate surface area is 127 Å². The van der Waals surface area contributed by atoms with E-state index in [-0.39, 0.29) is 17.1 Å². The second-order valence-electron chi connectivity index (χ2n) is 5.10. The second kappa shape index (κ2) is 5.52. The van der Waals surface area contributed by atoms with Crippen molar-refractivity contribution in [3.05, 3.63) is 69.9 Å². The number of para-hydroxylation sites is 1. The van der Waals surface area contributed by atoms with Crippen molar-refractivity contribution in [3.8, 4) is 0 Å². The number of benzene rings is 1. The standard InChI is InChI=1S/C17H16N2O3/c1-11-9-15(20)13-5-3-4-6-14(13)19(11)10-12-7-8-16(22-12)17(21)18-2/h3-9H,10H2,1-2H3,(H,18,21). The van der Waals surface area contributed by atoms with Gasteiger partial charge in [0.05, 0.1) is 12.1 Å². The molecule has 0 aliphatic heterocycles. The normalized spacial score (nSPS) is 10.8. The van der Waals surface area contributed by atoms with Crippen molar-refractivity contribution >= 4 is 16.8 Å². The molecule has 1 N–H and O–H groups in total. The molecule has 0 radical (unpaired) electrons. The largest absolute Gasteiger partial charge is 0.454 e. The molecule has 112 valence electrons. The molecule has 0 aliphatic rings. The van der Waals surface area contributed by atoms with Crippen LogP contribution in [0.2, 0.25) is 0 Å². The maximum absolute atomic E-state index is 12.0. The summed E-state index contributed by atoms with van der Waals surface area (Å²) < 4.78 is 7.57. The lowest BCUT2D eigenvalue weighted by molar-refractivity contribution is 0.0933. The van der Waals surface area contributed by atoms with Crippen molar-refractivity contribution in [2.75, 3.05) is 7.05 Å². The van der Waals surface area contributed by atoms with Crippen LogP contribution >= 0.6 is 0 Å². The summed E-state index contributed by atoms with van der Waals surface area (Å²) in [4.78, 5) is 23.6. The minimum absolute atomic E-state index is 0.00912. The molecule has 0 spiro atoms. The van der Waals surface area contributed by atoms with Crippen molar-refractivity contribution in [2.24, 2.45) is 0 Å². The van der Waals surface area contributed by atoms with Crippen molar-refractivity contribution in [1.82, 2.24) is 9.88 Å². The van der Waals surface area contributed by atoms with Gasteiger partial charge in [0.1, 0.15) is 5.76 Å². The van der Waals surface area contributed by atoms with Gasteiger partial charge in [-0.1, -0.05) is 12.1 Å². The Morgan fingerprint density at radius 3 is 2.77 bits per heavy atom. The van der Waals surface area contributed by atoms with Crippen LogP contribution in [0.25, 0.3) is 10.9 Å². The van der Waals surface area contributed by atoms with E-state index in [9.17, 15) is 9.59 Å². The monoisotopic (exact) mass is 296 g/mol. The van der Waals surface area contributed by atoms with Gasteiger partial charge in [-0.15, -0.1) is 0 Å². The molecule has 0 aliphatic carbocycles. The lowest BCUT2D eigenvalue weighted by Gasteiger charge is -2.13. The van der Waals surface area contributed by atoms with Crippen LogP contribution in [-0.4, -0.2) is 17.5 Å². The Bertz CT molecular complexity index is 906. The van der Waals surface area contributed by atoms with E-state index < -0.39 is 0 Å². The van der Waals surface area contributed by atoms with Gasteiger partial charge in [-0.05, 0) is 31.2 Å². The third kappa shape index (κ3) is 2.41. The Kier molecular flexibility index (Phi) is 3.55. The van der Waals surface area contributed by atoms with Crippen molar-refractivity contribution in [2.45, 2.75) is 13.5 Å². The van der Waals surface area contributed by atoms with Gasteiger partial charge >= 0.3 is 0 Å². The number of carbonyl (C=O) groups is 1. The molecule has 0 atom stereocenters. The maximum Gasteiger partial charge on any atom is 0.286 e. The molecule has 22 heavy (non-hydrogen) atoms. The van der Waals surface area contributed by atoms with Crippen LogP contribution in [0.3, 0.4) is 0 Å². The quantitative estimate of drug-likeness (QED) is 0.806. The minimum Gasteiger partial charge on any atom is -0.454 e. The van der Waals surface area contributed by atoms with E-state index in [0.29, 0.717) is 17.7 Å². The van der Waals surface area contributed by atoms with E-state index >= 15 is 0 Å². The predicted octanol–water partition coefficient (Wildman–Crippen LogP) is 2.31. The fourth-order valence-electron chi connectivity index (χ4n) is 2.53. The van der Waals surface area contributed by atoms with Gasteiger partial charge in [0.2, 0.25) is 0 Å². The zero-order chi connectivity index (χ0) is 15.7. The molecule has 2 aromatic heterocycles. The van der Waals surface area contributed by atoms with Gasteiger partial charge in [-0.25, -0.2) is 0 Å². The molecule has 1 aromatic carbocycles. The van der Waals surface area contributed by atoms with Crippen LogP contribution in [0.15, 0.2) is 51.7 Å². The summed E-state index contributed by atoms with van der Waals surface area (Å²) in [5.74, 6) is 0.684. The number of hydrogen-bond donors (Lipinski definition) is 1. The molecule has 5 heteroatoms. The summed E-state index contributed by atoms with van der Waals surface area (Å²) in [6.45, 7) is 2.35. The number of aryl methyl sites for hydroxylation is 1. The van der Waals surface area contributed by atoms with Gasteiger partial charge in [0, 0.05) is 24.2 Å². The summed E-state index contributed by atoms with van der Waals surface area (Å²) >= 11 is 0. The summed E-state index contributed by atoms with van der Waals surface area (Å²) in [6, 6.07) is 12.5. The third-order valence-electron chi connectivity index (χ3n) is 3.65. The van der Waals surface area contributed by atoms with Crippen molar-refractivity contribution in [3.63, 3.8) is 0 Å². The average molecular weight is 296 g/mol. The molecule has 0 saturated heterocycles. The van der Waals surface area contributed by atoms with E-state index in [1.807, 2.05) is 35.8 Å². The summed E-state index contributed by atoms with van der Waals surface area (Å²) in [7, 11) is 1.56. The number of nitrogens with zero attached hydrogens (tertiary/aromatic N) is 1. The predicted molar refractivity (Wildman–Crippen MR) is 84.1 cm³/mol. The maximum atomic E-state index is 12.0. The molecule has 0 bridgehead atoms. The Morgan fingerprint density at radius 1 is 1.23 bits per heavy atom. The van der Waals surface area contributed by atoms with E-state index in [1.54, 1.807) is 25.2 Å². The molecule has 0 saturated carbocycles. The van der Waals surface area contributed by atoms with Gasteiger partial charge in [0.25, 0.3) is 5.91 Å². The summed E-state index contributed by atoms with van der Waals surface area (Å²) in [6.07, 6.45) is 0. The average Bonchev–Trinajstić information content (AvgIpc) is 2.99. The highest BCUT2D eigenvalue weighted by molar-refractivity contribution is 5.91. The highest BCUT2D eigenvalue weighted by Crippen LogP contribution is 2.16. The fraction of sp³-hybridized carbons (Fsp3) is 0.176. The summed E-state index contributed by atoms with van der Waals surface area (Å²) in [5, 5.41) is 3.20. The lowest BCUT2D eigenvalue weighted by Crippen LogP contribution is -2.16. The lowest BCUT2D eigenvalue weighted by atomic mass is 10.2. The number of nitrogens with one attached hydrogen (secondary N) is 1. The number of amides is 1. The van der Waals surface area contributed by atoms with Crippen LogP contribution < -0.4 is 10.7 Å². The summed E-state index contributed by atoms with van der Waals surface area (Å²) in [5.41, 5.74) is 1.71. The van der Waals surface area contributed by atoms with E-state index in [0.717, 1.165) is 11.2 Å². The van der Waals surface area contributed by atoms with Gasteiger partial charge in [-0.3, -0.25) is 9.59 Å². The Hall–Kier alpha value is -2.82. The Balaban J connectivity index is 2.06. The SMILES string of the molecule is CNC(=O)c1ccc(Cn2c(C)cc(=O)c3ccccc32)o1. The number of fused-ring (bicyclic) bond motifs is 1. The van der Waals surface area contributed by atoms with Gasteiger partial charge < -0.3 is 14.3 Å². The minimum atomic E-state index is -0.257. The molecule has 0 unspecified atom stereocenters. The first-order valence-corrected chi connectivity index (χ1v) is 7.00. The van der Waals surface area contributed by atoms with Gasteiger partial charge in [-0.2, -0.15) is 0 Å². The molecule has 3 rings (SSSR count). The molecule has 0 fully saturated rings. The van der Waals surface area contributed by atoms with Crippen LogP contribution in [0, 0.1) is 6.92 Å². The number of aromatic nitrogens is 1. The number of furan rings is 1. The first kappa shape index (κ1) is 14.1. The smallest absolute Gasteiger partial charge is 0.286 e. The van der Waals surface area contributed by atoms with Crippen LogP contribution in [0.4, 0.5) is 0 Å². The first-order valence-electron chi connectivity index (χ1n) is 7.00. The topological polar surface area (TPSA) is 64.2 Å². The molecule has 5 nitrogen and oxygen atoms in total. The molecular weight excluding hydrogens is 280 g/mol. The van der Waals surface area contributed by atoms with Crippen LogP contribution in [-0.2, 0) is 6.54 Å². The molecular formula is C17H16N2O3. The zero-order valence-corrected chi connectivity index (χ0v) is 12.4. The fourth-order valence-corrected chi connectivity index (χ4v) is 2.53. The molecule has 3 aromatic rings. The number of rotatable bonds is 3. The third-order valence-corrected chi connectivity index (χ3v) is 3.65. The van der Waals surface area contributed by atoms with E-state index in [1.165, 1.54) is 0 Å². The van der Waals surface area contributed by atoms with E-state index in [4.69, 9.17) is 4.42 Å². The molecule has 1 amide bonds. The number of hydrogen-bond acceptors (Lipinski definition) is 3. The highest BCUT2D eigenvalue weighted by Gasteiger charge is 2.11. The van der Waals surface area contributed by atoms with Gasteiger partial charge in [0.15, 0.2) is 11.2 Å². The highest BCUT2D eigenvalue weighted by atomic mass is 16.4.